The highest BCUT2D eigenvalue weighted by Gasteiger charge is 2.23. The fourth-order valence-electron chi connectivity index (χ4n) is 3.61. The minimum Gasteiger partial charge on any atom is -0.342 e. The first kappa shape index (κ1) is 23.0. The molecule has 0 fully saturated rings. The third-order valence-corrected chi connectivity index (χ3v) is 6.96. The Morgan fingerprint density at radius 1 is 1.03 bits per heavy atom. The second-order valence-electron chi connectivity index (χ2n) is 7.53. The summed E-state index contributed by atoms with van der Waals surface area (Å²) in [6.45, 7) is -0.0509. The van der Waals surface area contributed by atoms with E-state index in [2.05, 4.69) is 10.0 Å². The topological polar surface area (TPSA) is 93.1 Å². The Balaban J connectivity index is 1.50. The number of carbonyl (C=O) groups excluding carboxylic acids is 1. The predicted octanol–water partition coefficient (Wildman–Crippen LogP) is 3.80. The number of nitrogens with zero attached hydrogens (tertiary/aromatic N) is 2. The van der Waals surface area contributed by atoms with Crippen molar-refractivity contribution in [3.05, 3.63) is 95.3 Å². The van der Waals surface area contributed by atoms with Crippen molar-refractivity contribution < 1.29 is 13.2 Å². The minimum atomic E-state index is -3.77. The molecule has 33 heavy (non-hydrogen) atoms. The Morgan fingerprint density at radius 2 is 1.76 bits per heavy atom. The minimum absolute atomic E-state index is 0.0347. The van der Waals surface area contributed by atoms with E-state index >= 15 is 0 Å². The van der Waals surface area contributed by atoms with Gasteiger partial charge in [-0.25, -0.2) is 18.1 Å². The molecule has 1 heterocycles. The molecule has 0 saturated heterocycles. The van der Waals surface area contributed by atoms with Gasteiger partial charge < -0.3 is 9.88 Å². The van der Waals surface area contributed by atoms with Gasteiger partial charge in [0.15, 0.2) is 0 Å². The van der Waals surface area contributed by atoms with Crippen LogP contribution in [0.25, 0.3) is 11.0 Å². The van der Waals surface area contributed by atoms with Crippen LogP contribution < -0.4 is 10.0 Å². The monoisotopic (exact) mass is 482 g/mol. The zero-order valence-electron chi connectivity index (χ0n) is 17.9. The summed E-state index contributed by atoms with van der Waals surface area (Å²) in [5.41, 5.74) is 2.67. The highest BCUT2D eigenvalue weighted by molar-refractivity contribution is 7.89. The predicted molar refractivity (Wildman–Crippen MR) is 128 cm³/mol. The summed E-state index contributed by atoms with van der Waals surface area (Å²) in [7, 11) is -1.86. The summed E-state index contributed by atoms with van der Waals surface area (Å²) in [4.78, 5) is 17.6. The number of fused-ring (bicyclic) bond motifs is 1. The fraction of sp³-hybridized carbons (Fsp3) is 0.167. The number of carbonyl (C=O) groups is 1. The second-order valence-corrected chi connectivity index (χ2v) is 9.74. The van der Waals surface area contributed by atoms with Gasteiger partial charge in [0.1, 0.15) is 11.9 Å². The summed E-state index contributed by atoms with van der Waals surface area (Å²) < 4.78 is 29.3. The third-order valence-electron chi connectivity index (χ3n) is 5.27. The van der Waals surface area contributed by atoms with Crippen LogP contribution in [-0.2, 0) is 21.9 Å². The van der Waals surface area contributed by atoms with Crippen LogP contribution in [0.2, 0.25) is 5.02 Å². The molecule has 9 heteroatoms. The van der Waals surface area contributed by atoms with Crippen molar-refractivity contribution in [2.75, 3.05) is 6.54 Å². The van der Waals surface area contributed by atoms with E-state index in [-0.39, 0.29) is 23.8 Å². The molecule has 1 aromatic heterocycles. The summed E-state index contributed by atoms with van der Waals surface area (Å²) >= 11 is 5.89. The summed E-state index contributed by atoms with van der Waals surface area (Å²) in [6, 6.07) is 22.8. The van der Waals surface area contributed by atoms with Crippen LogP contribution in [0.1, 0.15) is 23.9 Å². The summed E-state index contributed by atoms with van der Waals surface area (Å²) in [5, 5.41) is 3.33. The number of hydrogen-bond donors (Lipinski definition) is 2. The first-order chi connectivity index (χ1) is 15.8. The van der Waals surface area contributed by atoms with Crippen molar-refractivity contribution in [2.45, 2.75) is 17.4 Å². The van der Waals surface area contributed by atoms with Crippen molar-refractivity contribution >= 4 is 38.6 Å². The van der Waals surface area contributed by atoms with E-state index in [0.717, 1.165) is 16.6 Å². The lowest BCUT2D eigenvalue weighted by Gasteiger charge is -2.19. The molecule has 0 saturated carbocycles. The van der Waals surface area contributed by atoms with Crippen LogP contribution in [0.5, 0.6) is 0 Å². The Labute approximate surface area is 197 Å². The third kappa shape index (κ3) is 5.24. The number of rotatable bonds is 8. The van der Waals surface area contributed by atoms with E-state index < -0.39 is 16.1 Å². The fourth-order valence-corrected chi connectivity index (χ4v) is 4.95. The lowest BCUT2D eigenvalue weighted by molar-refractivity contribution is -0.121. The first-order valence-electron chi connectivity index (χ1n) is 10.4. The molecule has 1 atom stereocenters. The Morgan fingerprint density at radius 3 is 2.48 bits per heavy atom. The van der Waals surface area contributed by atoms with Crippen LogP contribution in [0, 0.1) is 0 Å². The highest BCUT2D eigenvalue weighted by atomic mass is 35.5. The number of aryl methyl sites for hydroxylation is 1. The molecule has 4 rings (SSSR count). The Kier molecular flexibility index (Phi) is 6.78. The van der Waals surface area contributed by atoms with Gasteiger partial charge >= 0.3 is 0 Å². The van der Waals surface area contributed by atoms with E-state index in [0.29, 0.717) is 10.8 Å². The van der Waals surface area contributed by atoms with E-state index in [1.807, 2.05) is 66.2 Å². The smallest absolute Gasteiger partial charge is 0.240 e. The SMILES string of the molecule is Cn1c(C(NC(=O)CCNS(=O)(=O)c2cccc(Cl)c2)c2ccccc2)nc2ccccc21. The zero-order chi connectivity index (χ0) is 23.4. The molecule has 2 N–H and O–H groups in total. The Hall–Kier alpha value is -3.20. The van der Waals surface area contributed by atoms with Crippen molar-refractivity contribution in [1.82, 2.24) is 19.6 Å². The van der Waals surface area contributed by atoms with E-state index in [4.69, 9.17) is 16.6 Å². The Bertz CT molecular complexity index is 1390. The van der Waals surface area contributed by atoms with Crippen molar-refractivity contribution in [1.29, 1.82) is 0 Å². The molecule has 170 valence electrons. The van der Waals surface area contributed by atoms with E-state index in [1.165, 1.54) is 12.1 Å². The normalized spacial score (nSPS) is 12.5. The van der Waals surface area contributed by atoms with Gasteiger partial charge in [-0.1, -0.05) is 60.1 Å². The molecule has 3 aromatic carbocycles. The largest absolute Gasteiger partial charge is 0.342 e. The van der Waals surface area contributed by atoms with Crippen LogP contribution in [-0.4, -0.2) is 30.4 Å². The maximum Gasteiger partial charge on any atom is 0.240 e. The van der Waals surface area contributed by atoms with Crippen LogP contribution >= 0.6 is 11.6 Å². The maximum absolute atomic E-state index is 12.8. The molecule has 0 aliphatic heterocycles. The van der Waals surface area contributed by atoms with E-state index in [9.17, 15) is 13.2 Å². The van der Waals surface area contributed by atoms with Gasteiger partial charge in [0.05, 0.1) is 15.9 Å². The van der Waals surface area contributed by atoms with Gasteiger partial charge in [-0.3, -0.25) is 4.79 Å². The molecule has 0 radical (unpaired) electrons. The molecule has 0 spiro atoms. The molecule has 0 aliphatic carbocycles. The molecule has 1 amide bonds. The molecule has 7 nitrogen and oxygen atoms in total. The van der Waals surface area contributed by atoms with Crippen molar-refractivity contribution in [3.63, 3.8) is 0 Å². The maximum atomic E-state index is 12.8. The average molecular weight is 483 g/mol. The molecule has 0 aliphatic rings. The van der Waals surface area contributed by atoms with E-state index in [1.54, 1.807) is 12.1 Å². The number of para-hydroxylation sites is 2. The van der Waals surface area contributed by atoms with Crippen molar-refractivity contribution in [2.24, 2.45) is 7.05 Å². The number of halogens is 1. The zero-order valence-corrected chi connectivity index (χ0v) is 19.5. The molecular weight excluding hydrogens is 460 g/mol. The number of benzene rings is 3. The number of aromatic nitrogens is 2. The first-order valence-corrected chi connectivity index (χ1v) is 12.2. The number of amides is 1. The quantitative estimate of drug-likeness (QED) is 0.399. The standard InChI is InChI=1S/C24H23ClN4O3S/c1-29-21-13-6-5-12-20(21)27-24(29)23(17-8-3-2-4-9-17)28-22(30)14-15-26-33(31,32)19-11-7-10-18(25)16-19/h2-13,16,23,26H,14-15H2,1H3,(H,28,30). The summed E-state index contributed by atoms with van der Waals surface area (Å²) in [5.74, 6) is 0.389. The molecular formula is C24H23ClN4O3S. The lowest BCUT2D eigenvalue weighted by Crippen LogP contribution is -2.34. The van der Waals surface area contributed by atoms with Gasteiger partial charge in [-0.05, 0) is 35.9 Å². The van der Waals surface area contributed by atoms with Crippen LogP contribution in [0.15, 0.2) is 83.8 Å². The number of imidazole rings is 1. The van der Waals surface area contributed by atoms with Gasteiger partial charge in [0, 0.05) is 25.0 Å². The van der Waals surface area contributed by atoms with Crippen LogP contribution in [0.3, 0.4) is 0 Å². The molecule has 4 aromatic rings. The van der Waals surface area contributed by atoms with Crippen LogP contribution in [0.4, 0.5) is 0 Å². The number of hydrogen-bond acceptors (Lipinski definition) is 4. The molecule has 1 unspecified atom stereocenters. The molecule has 0 bridgehead atoms. The van der Waals surface area contributed by atoms with Crippen molar-refractivity contribution in [3.8, 4) is 0 Å². The summed E-state index contributed by atoms with van der Waals surface area (Å²) in [6.07, 6.45) is -0.0347. The van der Waals surface area contributed by atoms with Gasteiger partial charge in [0.25, 0.3) is 0 Å². The van der Waals surface area contributed by atoms with Gasteiger partial charge in [0.2, 0.25) is 15.9 Å². The second kappa shape index (κ2) is 9.74. The van der Waals surface area contributed by atoms with Gasteiger partial charge in [-0.15, -0.1) is 0 Å². The van der Waals surface area contributed by atoms with Gasteiger partial charge in [-0.2, -0.15) is 0 Å². The lowest BCUT2D eigenvalue weighted by atomic mass is 10.1. The average Bonchev–Trinajstić information content (AvgIpc) is 3.14. The highest BCUT2D eigenvalue weighted by Crippen LogP contribution is 2.25. The number of sulfonamides is 1. The number of nitrogens with one attached hydrogen (secondary N) is 2.